The summed E-state index contributed by atoms with van der Waals surface area (Å²) in [5, 5.41) is 0. The molecule has 0 saturated carbocycles. The molecule has 0 aliphatic heterocycles. The lowest BCUT2D eigenvalue weighted by Crippen LogP contribution is -2.12. The van der Waals surface area contributed by atoms with E-state index in [0.29, 0.717) is 4.34 Å². The quantitative estimate of drug-likeness (QED) is 0.903. The highest BCUT2D eigenvalue weighted by Gasteiger charge is 2.19. The number of rotatable bonds is 3. The van der Waals surface area contributed by atoms with Gasteiger partial charge in [-0.3, -0.25) is 0 Å². The number of hydrogen-bond donors (Lipinski definition) is 2. The van der Waals surface area contributed by atoms with E-state index in [9.17, 15) is 8.42 Å². The molecule has 2 rings (SSSR count). The largest absolute Gasteiger partial charge is 0.330 e. The van der Waals surface area contributed by atoms with E-state index in [-0.39, 0.29) is 10.2 Å². The molecule has 8 heteroatoms. The molecule has 2 N–H and O–H groups in total. The van der Waals surface area contributed by atoms with Gasteiger partial charge in [0.2, 0.25) is 5.95 Å². The van der Waals surface area contributed by atoms with Crippen LogP contribution in [0.3, 0.4) is 0 Å². The van der Waals surface area contributed by atoms with Crippen molar-refractivity contribution in [2.45, 2.75) is 11.1 Å². The molecule has 2 aromatic rings. The van der Waals surface area contributed by atoms with Gasteiger partial charge in [-0.25, -0.2) is 18.1 Å². The van der Waals surface area contributed by atoms with Crippen molar-refractivity contribution in [2.24, 2.45) is 0 Å². The zero-order chi connectivity index (χ0) is 11.8. The van der Waals surface area contributed by atoms with Crippen LogP contribution in [0.25, 0.3) is 0 Å². The Morgan fingerprint density at radius 2 is 2.31 bits per heavy atom. The highest BCUT2D eigenvalue weighted by Crippen LogP contribution is 2.30. The monoisotopic (exact) mass is 277 g/mol. The van der Waals surface area contributed by atoms with Gasteiger partial charge in [-0.05, 0) is 18.6 Å². The maximum Gasteiger partial charge on any atom is 0.273 e. The summed E-state index contributed by atoms with van der Waals surface area (Å²) in [5.41, 5.74) is 0.742. The molecule has 0 atom stereocenters. The van der Waals surface area contributed by atoms with Crippen LogP contribution in [0.2, 0.25) is 4.34 Å². The van der Waals surface area contributed by atoms with E-state index in [0.717, 1.165) is 16.9 Å². The summed E-state index contributed by atoms with van der Waals surface area (Å²) < 4.78 is 26.6. The summed E-state index contributed by atoms with van der Waals surface area (Å²) in [6.07, 6.45) is 3.00. The Morgan fingerprint density at radius 3 is 2.81 bits per heavy atom. The van der Waals surface area contributed by atoms with E-state index in [2.05, 4.69) is 14.7 Å². The molecule has 2 heterocycles. The van der Waals surface area contributed by atoms with Crippen LogP contribution in [0.4, 0.5) is 5.95 Å². The van der Waals surface area contributed by atoms with Gasteiger partial charge in [-0.2, -0.15) is 0 Å². The maximum absolute atomic E-state index is 11.8. The zero-order valence-electron chi connectivity index (χ0n) is 8.19. The number of H-pyrrole nitrogens is 1. The lowest BCUT2D eigenvalue weighted by atomic mass is 10.4. The number of aryl methyl sites for hydroxylation is 1. The van der Waals surface area contributed by atoms with Crippen LogP contribution in [0.1, 0.15) is 5.56 Å². The first-order valence-corrected chi connectivity index (χ1v) is 6.95. The Hall–Kier alpha value is -1.05. The highest BCUT2D eigenvalue weighted by molar-refractivity contribution is 7.94. The van der Waals surface area contributed by atoms with Crippen molar-refractivity contribution in [1.29, 1.82) is 0 Å². The lowest BCUT2D eigenvalue weighted by Gasteiger charge is -2.01. The molecule has 0 aromatic carbocycles. The Bertz CT molecular complexity index is 569. The minimum atomic E-state index is -3.59. The number of halogens is 1. The van der Waals surface area contributed by atoms with E-state index >= 15 is 0 Å². The van der Waals surface area contributed by atoms with Crippen LogP contribution in [0, 0.1) is 6.92 Å². The van der Waals surface area contributed by atoms with Crippen molar-refractivity contribution >= 4 is 38.9 Å². The van der Waals surface area contributed by atoms with Crippen LogP contribution < -0.4 is 4.72 Å². The van der Waals surface area contributed by atoms with Gasteiger partial charge >= 0.3 is 0 Å². The minimum Gasteiger partial charge on any atom is -0.330 e. The first-order valence-electron chi connectivity index (χ1n) is 4.27. The molecule has 0 aliphatic rings. The van der Waals surface area contributed by atoms with E-state index in [1.807, 2.05) is 0 Å². The second kappa shape index (κ2) is 4.08. The summed E-state index contributed by atoms with van der Waals surface area (Å²) in [7, 11) is -3.59. The lowest BCUT2D eigenvalue weighted by molar-refractivity contribution is 0.603. The van der Waals surface area contributed by atoms with Crippen LogP contribution in [0.5, 0.6) is 0 Å². The number of nitrogens with zero attached hydrogens (tertiary/aromatic N) is 1. The molecule has 0 spiro atoms. The smallest absolute Gasteiger partial charge is 0.273 e. The molecule has 0 aliphatic carbocycles. The predicted molar refractivity (Wildman–Crippen MR) is 63.5 cm³/mol. The van der Waals surface area contributed by atoms with Gasteiger partial charge in [0.1, 0.15) is 4.21 Å². The van der Waals surface area contributed by atoms with Crippen LogP contribution in [-0.4, -0.2) is 18.4 Å². The number of aromatic nitrogens is 2. The first-order chi connectivity index (χ1) is 7.49. The third-order valence-electron chi connectivity index (χ3n) is 1.83. The summed E-state index contributed by atoms with van der Waals surface area (Å²) in [6.45, 7) is 1.75. The molecule has 2 aromatic heterocycles. The standard InChI is InChI=1S/C8H8ClN3O2S2/c1-5-4-6(15-7(5)9)16(13,14)12-8-10-2-3-11-8/h2-4H,1H3,(H2,10,11,12). The predicted octanol–water partition coefficient (Wildman–Crippen LogP) is 2.23. The molecule has 16 heavy (non-hydrogen) atoms. The molecular weight excluding hydrogens is 270 g/mol. The summed E-state index contributed by atoms with van der Waals surface area (Å²) in [4.78, 5) is 6.44. The number of nitrogens with one attached hydrogen (secondary N) is 2. The number of hydrogen-bond acceptors (Lipinski definition) is 4. The topological polar surface area (TPSA) is 74.8 Å². The Kier molecular flexibility index (Phi) is 2.92. The van der Waals surface area contributed by atoms with Crippen molar-refractivity contribution in [3.05, 3.63) is 28.4 Å². The Morgan fingerprint density at radius 1 is 1.56 bits per heavy atom. The molecule has 0 saturated heterocycles. The third-order valence-corrected chi connectivity index (χ3v) is 5.20. The fraction of sp³-hybridized carbons (Fsp3) is 0.125. The number of aromatic amines is 1. The normalized spacial score (nSPS) is 11.6. The van der Waals surface area contributed by atoms with Gasteiger partial charge in [0.25, 0.3) is 10.0 Å². The van der Waals surface area contributed by atoms with Crippen molar-refractivity contribution in [2.75, 3.05) is 4.72 Å². The fourth-order valence-electron chi connectivity index (χ4n) is 1.06. The molecule has 0 unspecified atom stereocenters. The third kappa shape index (κ3) is 2.21. The zero-order valence-corrected chi connectivity index (χ0v) is 10.6. The van der Waals surface area contributed by atoms with Crippen molar-refractivity contribution in [3.63, 3.8) is 0 Å². The number of imidazole rings is 1. The molecule has 0 bridgehead atoms. The van der Waals surface area contributed by atoms with Gasteiger partial charge in [0.15, 0.2) is 0 Å². The second-order valence-corrected chi connectivity index (χ2v) is 6.63. The number of anilines is 1. The highest BCUT2D eigenvalue weighted by atomic mass is 35.5. The van der Waals surface area contributed by atoms with E-state index in [4.69, 9.17) is 11.6 Å². The van der Waals surface area contributed by atoms with Crippen LogP contribution in [0.15, 0.2) is 22.7 Å². The van der Waals surface area contributed by atoms with Crippen LogP contribution >= 0.6 is 22.9 Å². The maximum atomic E-state index is 11.8. The fourth-order valence-corrected chi connectivity index (χ4v) is 3.75. The van der Waals surface area contributed by atoms with Gasteiger partial charge in [0, 0.05) is 12.4 Å². The van der Waals surface area contributed by atoms with E-state index in [1.165, 1.54) is 18.5 Å². The SMILES string of the molecule is Cc1cc(S(=O)(=O)Nc2ncc[nH]2)sc1Cl. The van der Waals surface area contributed by atoms with E-state index < -0.39 is 10.0 Å². The molecule has 5 nitrogen and oxygen atoms in total. The summed E-state index contributed by atoms with van der Waals surface area (Å²) in [6, 6.07) is 1.53. The van der Waals surface area contributed by atoms with Crippen molar-refractivity contribution in [3.8, 4) is 0 Å². The average molecular weight is 278 g/mol. The van der Waals surface area contributed by atoms with Gasteiger partial charge in [0.05, 0.1) is 4.34 Å². The Balaban J connectivity index is 2.32. The molecule has 86 valence electrons. The van der Waals surface area contributed by atoms with Crippen molar-refractivity contribution < 1.29 is 8.42 Å². The number of thiophene rings is 1. The second-order valence-electron chi connectivity index (χ2n) is 3.07. The Labute approximate surface area is 102 Å². The molecule has 0 radical (unpaired) electrons. The number of sulfonamides is 1. The van der Waals surface area contributed by atoms with E-state index in [1.54, 1.807) is 6.92 Å². The molecular formula is C8H8ClN3O2S2. The van der Waals surface area contributed by atoms with Gasteiger partial charge in [-0.15, -0.1) is 11.3 Å². The van der Waals surface area contributed by atoms with Gasteiger partial charge in [-0.1, -0.05) is 11.6 Å². The molecule has 0 fully saturated rings. The summed E-state index contributed by atoms with van der Waals surface area (Å²) >= 11 is 6.84. The average Bonchev–Trinajstić information content (AvgIpc) is 2.78. The van der Waals surface area contributed by atoms with Crippen LogP contribution in [-0.2, 0) is 10.0 Å². The molecule has 0 amide bonds. The van der Waals surface area contributed by atoms with Crippen molar-refractivity contribution in [1.82, 2.24) is 9.97 Å². The summed E-state index contributed by atoms with van der Waals surface area (Å²) in [5.74, 6) is 0.183. The first kappa shape index (κ1) is 11.4. The minimum absolute atomic E-state index is 0.173. The van der Waals surface area contributed by atoms with Gasteiger partial charge < -0.3 is 4.98 Å².